The van der Waals surface area contributed by atoms with Crippen molar-refractivity contribution in [3.63, 3.8) is 0 Å². The van der Waals surface area contributed by atoms with Crippen LogP contribution in [0, 0.1) is 0 Å². The third-order valence-corrected chi connectivity index (χ3v) is 2.25. The molecule has 0 aliphatic heterocycles. The van der Waals surface area contributed by atoms with Gasteiger partial charge in [0.1, 0.15) is 0 Å². The zero-order valence-electron chi connectivity index (χ0n) is 6.75. The van der Waals surface area contributed by atoms with E-state index in [4.69, 9.17) is 0 Å². The molecule has 0 aromatic carbocycles. The molecule has 0 fully saturated rings. The van der Waals surface area contributed by atoms with Crippen LogP contribution in [0.1, 0.15) is 19.8 Å². The lowest BCUT2D eigenvalue weighted by atomic mass is 10.4. The molecule has 0 rings (SSSR count). The molecule has 0 saturated carbocycles. The number of unbranched alkanes of at least 4 members (excludes halogenated alkanes) is 1. The van der Waals surface area contributed by atoms with Crippen LogP contribution in [-0.4, -0.2) is 20.8 Å². The lowest BCUT2D eigenvalue weighted by Crippen LogP contribution is -2.09. The van der Waals surface area contributed by atoms with Crippen molar-refractivity contribution < 1.29 is 12.6 Å². The lowest BCUT2D eigenvalue weighted by molar-refractivity contribution is 0.312. The lowest BCUT2D eigenvalue weighted by Gasteiger charge is -2.00. The molecule has 0 atom stereocenters. The number of hydrogen-bond acceptors (Lipinski definition) is 3. The molecule has 0 heterocycles. The van der Waals surface area contributed by atoms with Gasteiger partial charge < -0.3 is 0 Å². The molecule has 0 aliphatic rings. The summed E-state index contributed by atoms with van der Waals surface area (Å²) < 4.78 is 26.2. The molecule has 66 valence electrons. The fourth-order valence-electron chi connectivity index (χ4n) is 0.523. The van der Waals surface area contributed by atoms with Gasteiger partial charge in [0.2, 0.25) is 0 Å². The van der Waals surface area contributed by atoms with Crippen molar-refractivity contribution in [1.82, 2.24) is 0 Å². The summed E-state index contributed by atoms with van der Waals surface area (Å²) in [5.74, 6) is -0.100. The Balaban J connectivity index is 3.65. The maximum Gasteiger partial charge on any atom is 0.270 e. The zero-order valence-corrected chi connectivity index (χ0v) is 7.56. The predicted octanol–water partition coefficient (Wildman–Crippen LogP) is 1.32. The summed E-state index contributed by atoms with van der Waals surface area (Å²) in [4.78, 5) is 0. The normalized spacial score (nSPS) is 11.4. The van der Waals surface area contributed by atoms with Crippen LogP contribution in [0.3, 0.4) is 0 Å². The summed E-state index contributed by atoms with van der Waals surface area (Å²) in [6, 6.07) is 0. The highest BCUT2D eigenvalue weighted by Crippen LogP contribution is 1.96. The van der Waals surface area contributed by atoms with E-state index in [0.717, 1.165) is 12.8 Å². The molecular weight excluding hydrogens is 164 g/mol. The minimum Gasteiger partial charge on any atom is -0.270 e. The van der Waals surface area contributed by atoms with Crippen molar-refractivity contribution in [3.8, 4) is 0 Å². The molecule has 0 aromatic rings. The van der Waals surface area contributed by atoms with E-state index in [2.05, 4.69) is 10.8 Å². The predicted molar refractivity (Wildman–Crippen MR) is 44.8 cm³/mol. The van der Waals surface area contributed by atoms with E-state index >= 15 is 0 Å². The Labute approximate surface area is 68.2 Å². The smallest absolute Gasteiger partial charge is 0.270 e. The van der Waals surface area contributed by atoms with Crippen LogP contribution in [-0.2, 0) is 14.3 Å². The van der Waals surface area contributed by atoms with E-state index in [-0.39, 0.29) is 12.4 Å². The molecule has 0 bridgehead atoms. The molecule has 0 unspecified atom stereocenters. The Kier molecular flexibility index (Phi) is 5.15. The van der Waals surface area contributed by atoms with E-state index in [9.17, 15) is 8.42 Å². The molecule has 0 spiro atoms. The van der Waals surface area contributed by atoms with Gasteiger partial charge in [-0.25, -0.2) is 0 Å². The average Bonchev–Trinajstić information content (AvgIpc) is 1.87. The van der Waals surface area contributed by atoms with Crippen molar-refractivity contribution in [1.29, 1.82) is 0 Å². The minimum absolute atomic E-state index is 0.100. The van der Waals surface area contributed by atoms with Gasteiger partial charge in [0.05, 0.1) is 12.4 Å². The van der Waals surface area contributed by atoms with E-state index in [1.165, 1.54) is 6.08 Å². The van der Waals surface area contributed by atoms with Crippen LogP contribution in [0.2, 0.25) is 0 Å². The highest BCUT2D eigenvalue weighted by Gasteiger charge is 2.06. The second-order valence-electron chi connectivity index (χ2n) is 2.19. The van der Waals surface area contributed by atoms with Gasteiger partial charge in [0.25, 0.3) is 10.1 Å². The molecule has 0 aromatic heterocycles. The van der Waals surface area contributed by atoms with Gasteiger partial charge in [-0.15, -0.1) is 6.58 Å². The molecule has 0 radical (unpaired) electrons. The Bertz CT molecular complexity index is 194. The van der Waals surface area contributed by atoms with Crippen LogP contribution >= 0.6 is 0 Å². The van der Waals surface area contributed by atoms with Gasteiger partial charge in [0, 0.05) is 0 Å². The molecule has 3 nitrogen and oxygen atoms in total. The summed E-state index contributed by atoms with van der Waals surface area (Å²) in [5.41, 5.74) is 0. The zero-order chi connectivity index (χ0) is 8.74. The van der Waals surface area contributed by atoms with Gasteiger partial charge in [-0.2, -0.15) is 8.42 Å². The van der Waals surface area contributed by atoms with Crippen LogP contribution in [0.5, 0.6) is 0 Å². The maximum atomic E-state index is 10.8. The first kappa shape index (κ1) is 10.7. The second kappa shape index (κ2) is 5.32. The van der Waals surface area contributed by atoms with E-state index in [0.29, 0.717) is 0 Å². The summed E-state index contributed by atoms with van der Waals surface area (Å²) in [6.07, 6.45) is 3.03. The van der Waals surface area contributed by atoms with E-state index in [1.54, 1.807) is 0 Å². The van der Waals surface area contributed by atoms with Gasteiger partial charge in [0.15, 0.2) is 0 Å². The quantitative estimate of drug-likeness (QED) is 0.350. The van der Waals surface area contributed by atoms with Crippen LogP contribution < -0.4 is 0 Å². The van der Waals surface area contributed by atoms with Crippen molar-refractivity contribution in [2.24, 2.45) is 0 Å². The molecule has 11 heavy (non-hydrogen) atoms. The molecule has 0 aliphatic carbocycles. The van der Waals surface area contributed by atoms with Crippen molar-refractivity contribution in [2.45, 2.75) is 19.8 Å². The monoisotopic (exact) mass is 178 g/mol. The summed E-state index contributed by atoms with van der Waals surface area (Å²) >= 11 is 0. The fourth-order valence-corrected chi connectivity index (χ4v) is 1.28. The Morgan fingerprint density at radius 3 is 2.64 bits per heavy atom. The van der Waals surface area contributed by atoms with Crippen molar-refractivity contribution in [2.75, 3.05) is 12.4 Å². The largest absolute Gasteiger partial charge is 0.270 e. The van der Waals surface area contributed by atoms with E-state index < -0.39 is 10.1 Å². The summed E-state index contributed by atoms with van der Waals surface area (Å²) in [5, 5.41) is 0. The number of hydrogen-bond donors (Lipinski definition) is 0. The third-order valence-electron chi connectivity index (χ3n) is 1.08. The van der Waals surface area contributed by atoms with Gasteiger partial charge in [-0.05, 0) is 6.42 Å². The Morgan fingerprint density at radius 2 is 2.18 bits per heavy atom. The molecule has 0 N–H and O–H groups in total. The second-order valence-corrected chi connectivity index (χ2v) is 3.87. The van der Waals surface area contributed by atoms with Gasteiger partial charge >= 0.3 is 0 Å². The standard InChI is InChI=1S/C7H14O3S/c1-3-5-6-10-11(8,9)7-4-2/h4H,2-3,5-7H2,1H3. The SMILES string of the molecule is C=CCS(=O)(=O)OCCCC. The van der Waals surface area contributed by atoms with Gasteiger partial charge in [-0.3, -0.25) is 4.18 Å². The molecule has 0 amide bonds. The first-order chi connectivity index (χ1) is 5.12. The van der Waals surface area contributed by atoms with Crippen LogP contribution in [0.4, 0.5) is 0 Å². The highest BCUT2D eigenvalue weighted by atomic mass is 32.2. The molecular formula is C7H14O3S. The topological polar surface area (TPSA) is 43.4 Å². The first-order valence-electron chi connectivity index (χ1n) is 3.60. The summed E-state index contributed by atoms with van der Waals surface area (Å²) in [6.45, 7) is 5.58. The Morgan fingerprint density at radius 1 is 1.55 bits per heavy atom. The third kappa shape index (κ3) is 6.06. The molecule has 4 heteroatoms. The van der Waals surface area contributed by atoms with Crippen LogP contribution in [0.15, 0.2) is 12.7 Å². The number of rotatable bonds is 6. The van der Waals surface area contributed by atoms with Gasteiger partial charge in [-0.1, -0.05) is 19.4 Å². The van der Waals surface area contributed by atoms with Crippen molar-refractivity contribution >= 4 is 10.1 Å². The van der Waals surface area contributed by atoms with Crippen molar-refractivity contribution in [3.05, 3.63) is 12.7 Å². The average molecular weight is 178 g/mol. The summed E-state index contributed by atoms with van der Waals surface area (Å²) in [7, 11) is -3.32. The first-order valence-corrected chi connectivity index (χ1v) is 5.18. The minimum atomic E-state index is -3.32. The van der Waals surface area contributed by atoms with Crippen LogP contribution in [0.25, 0.3) is 0 Å². The molecule has 0 saturated heterocycles. The Hall–Kier alpha value is -0.350. The highest BCUT2D eigenvalue weighted by molar-refractivity contribution is 7.86. The maximum absolute atomic E-state index is 10.8. The van der Waals surface area contributed by atoms with E-state index in [1.807, 2.05) is 6.92 Å². The fraction of sp³-hybridized carbons (Fsp3) is 0.714.